The van der Waals surface area contributed by atoms with Crippen molar-refractivity contribution in [3.63, 3.8) is 0 Å². The summed E-state index contributed by atoms with van der Waals surface area (Å²) in [5, 5.41) is 2.32. The van der Waals surface area contributed by atoms with E-state index in [1.165, 1.54) is 0 Å². The van der Waals surface area contributed by atoms with Crippen LogP contribution in [0.25, 0.3) is 10.8 Å². The zero-order valence-electron chi connectivity index (χ0n) is 14.6. The first-order valence-electron chi connectivity index (χ1n) is 8.62. The minimum atomic E-state index is -0.0206. The minimum absolute atomic E-state index is 0.0206. The van der Waals surface area contributed by atoms with Crippen molar-refractivity contribution >= 4 is 22.4 Å². The second-order valence-electron chi connectivity index (χ2n) is 6.44. The van der Waals surface area contributed by atoms with Crippen LogP contribution >= 0.6 is 0 Å². The van der Waals surface area contributed by atoms with Crippen LogP contribution in [0, 0.1) is 12.3 Å². The standard InChI is InChI=1S/C23H19NO2/c1-3-13-24-21-12-11-16-7-4-5-10-19(16)23(21)20(15-22(24)25)17-8-6-9-18(14-17)26-2/h1,4-12,14,20H,13,15H2,2H3. The van der Waals surface area contributed by atoms with Crippen molar-refractivity contribution in [3.8, 4) is 18.1 Å². The number of ether oxygens (including phenoxy) is 1. The fraction of sp³-hybridized carbons (Fsp3) is 0.174. The summed E-state index contributed by atoms with van der Waals surface area (Å²) < 4.78 is 5.39. The summed E-state index contributed by atoms with van der Waals surface area (Å²) >= 11 is 0. The molecule has 1 atom stereocenters. The summed E-state index contributed by atoms with van der Waals surface area (Å²) in [4.78, 5) is 14.5. The van der Waals surface area contributed by atoms with Gasteiger partial charge in [0, 0.05) is 18.0 Å². The summed E-state index contributed by atoms with van der Waals surface area (Å²) in [7, 11) is 1.66. The number of benzene rings is 3. The maximum absolute atomic E-state index is 12.8. The molecule has 0 spiro atoms. The van der Waals surface area contributed by atoms with Gasteiger partial charge in [-0.2, -0.15) is 0 Å². The van der Waals surface area contributed by atoms with Gasteiger partial charge in [-0.25, -0.2) is 0 Å². The molecular weight excluding hydrogens is 322 g/mol. The number of terminal acetylenes is 1. The van der Waals surface area contributed by atoms with Crippen LogP contribution in [-0.4, -0.2) is 19.6 Å². The van der Waals surface area contributed by atoms with Crippen molar-refractivity contribution in [2.24, 2.45) is 0 Å². The van der Waals surface area contributed by atoms with Gasteiger partial charge in [-0.05, 0) is 40.1 Å². The van der Waals surface area contributed by atoms with Crippen molar-refractivity contribution in [1.29, 1.82) is 0 Å². The molecule has 128 valence electrons. The lowest BCUT2D eigenvalue weighted by Gasteiger charge is -2.34. The molecule has 1 unspecified atom stereocenters. The number of methoxy groups -OCH3 is 1. The first kappa shape index (κ1) is 16.2. The Bertz CT molecular complexity index is 1030. The van der Waals surface area contributed by atoms with E-state index < -0.39 is 0 Å². The van der Waals surface area contributed by atoms with Gasteiger partial charge in [0.15, 0.2) is 0 Å². The summed E-state index contributed by atoms with van der Waals surface area (Å²) in [6, 6.07) is 20.3. The lowest BCUT2D eigenvalue weighted by atomic mass is 9.81. The molecule has 3 nitrogen and oxygen atoms in total. The predicted octanol–water partition coefficient (Wildman–Crippen LogP) is 4.35. The molecule has 4 rings (SSSR count). The van der Waals surface area contributed by atoms with Gasteiger partial charge in [0.25, 0.3) is 0 Å². The molecular formula is C23H19NO2. The second kappa shape index (κ2) is 6.57. The summed E-state index contributed by atoms with van der Waals surface area (Å²) in [5.74, 6) is 3.44. The quantitative estimate of drug-likeness (QED) is 0.663. The number of hydrogen-bond donors (Lipinski definition) is 0. The molecule has 3 aromatic carbocycles. The highest BCUT2D eigenvalue weighted by atomic mass is 16.5. The van der Waals surface area contributed by atoms with Crippen LogP contribution in [0.3, 0.4) is 0 Å². The van der Waals surface area contributed by atoms with Crippen LogP contribution in [-0.2, 0) is 4.79 Å². The molecule has 26 heavy (non-hydrogen) atoms. The lowest BCUT2D eigenvalue weighted by molar-refractivity contribution is -0.119. The zero-order valence-corrected chi connectivity index (χ0v) is 14.6. The largest absolute Gasteiger partial charge is 0.497 e. The van der Waals surface area contributed by atoms with Crippen molar-refractivity contribution in [3.05, 3.63) is 71.8 Å². The van der Waals surface area contributed by atoms with Crippen LogP contribution in [0.15, 0.2) is 60.7 Å². The Labute approximate surface area is 153 Å². The molecule has 0 saturated carbocycles. The molecule has 0 aromatic heterocycles. The van der Waals surface area contributed by atoms with E-state index >= 15 is 0 Å². The number of amides is 1. The van der Waals surface area contributed by atoms with Gasteiger partial charge in [0.2, 0.25) is 5.91 Å². The van der Waals surface area contributed by atoms with Crippen LogP contribution in [0.2, 0.25) is 0 Å². The van der Waals surface area contributed by atoms with Gasteiger partial charge in [-0.15, -0.1) is 6.42 Å². The van der Waals surface area contributed by atoms with Gasteiger partial charge < -0.3 is 9.64 Å². The topological polar surface area (TPSA) is 29.5 Å². The highest BCUT2D eigenvalue weighted by Gasteiger charge is 2.33. The fourth-order valence-corrected chi connectivity index (χ4v) is 3.81. The summed E-state index contributed by atoms with van der Waals surface area (Å²) in [6.45, 7) is 0.287. The molecule has 1 amide bonds. The third kappa shape index (κ3) is 2.60. The molecule has 1 aliphatic heterocycles. The lowest BCUT2D eigenvalue weighted by Crippen LogP contribution is -2.37. The molecule has 1 heterocycles. The molecule has 1 aliphatic rings. The maximum atomic E-state index is 12.8. The van der Waals surface area contributed by atoms with Crippen LogP contribution in [0.1, 0.15) is 23.5 Å². The second-order valence-corrected chi connectivity index (χ2v) is 6.44. The first-order chi connectivity index (χ1) is 12.7. The van der Waals surface area contributed by atoms with Crippen molar-refractivity contribution < 1.29 is 9.53 Å². The number of carbonyl (C=O) groups is 1. The van der Waals surface area contributed by atoms with Gasteiger partial charge in [0.05, 0.1) is 13.7 Å². The highest BCUT2D eigenvalue weighted by molar-refractivity contribution is 6.03. The average Bonchev–Trinajstić information content (AvgIpc) is 2.69. The van der Waals surface area contributed by atoms with E-state index in [0.717, 1.165) is 33.3 Å². The fourth-order valence-electron chi connectivity index (χ4n) is 3.81. The Morgan fingerprint density at radius 1 is 1.15 bits per heavy atom. The van der Waals surface area contributed by atoms with E-state index in [1.54, 1.807) is 12.0 Å². The molecule has 0 radical (unpaired) electrons. The number of rotatable bonds is 3. The predicted molar refractivity (Wildman–Crippen MR) is 105 cm³/mol. The van der Waals surface area contributed by atoms with E-state index in [1.807, 2.05) is 36.4 Å². The number of carbonyl (C=O) groups excluding carboxylic acids is 1. The number of anilines is 1. The Morgan fingerprint density at radius 2 is 2.00 bits per heavy atom. The molecule has 0 aliphatic carbocycles. The molecule has 3 aromatic rings. The first-order valence-corrected chi connectivity index (χ1v) is 8.62. The zero-order chi connectivity index (χ0) is 18.1. The van der Waals surface area contributed by atoms with Crippen molar-refractivity contribution in [2.75, 3.05) is 18.6 Å². The molecule has 3 heteroatoms. The van der Waals surface area contributed by atoms with Crippen LogP contribution in [0.4, 0.5) is 5.69 Å². The third-order valence-corrected chi connectivity index (χ3v) is 5.01. The molecule has 0 N–H and O–H groups in total. The highest BCUT2D eigenvalue weighted by Crippen LogP contribution is 2.44. The van der Waals surface area contributed by atoms with E-state index in [2.05, 4.69) is 30.2 Å². The normalized spacial score (nSPS) is 16.2. The van der Waals surface area contributed by atoms with E-state index in [0.29, 0.717) is 6.42 Å². The number of fused-ring (bicyclic) bond motifs is 3. The number of hydrogen-bond acceptors (Lipinski definition) is 2. The van der Waals surface area contributed by atoms with Crippen LogP contribution in [0.5, 0.6) is 5.75 Å². The SMILES string of the molecule is C#CCN1C(=O)CC(c2cccc(OC)c2)c2c1ccc1ccccc21. The molecule has 0 saturated heterocycles. The smallest absolute Gasteiger partial charge is 0.228 e. The van der Waals surface area contributed by atoms with E-state index in [9.17, 15) is 4.79 Å². The van der Waals surface area contributed by atoms with Gasteiger partial charge in [0.1, 0.15) is 5.75 Å². The monoisotopic (exact) mass is 341 g/mol. The maximum Gasteiger partial charge on any atom is 0.228 e. The van der Waals surface area contributed by atoms with Crippen molar-refractivity contribution in [2.45, 2.75) is 12.3 Å². The Hall–Kier alpha value is -3.25. The van der Waals surface area contributed by atoms with Gasteiger partial charge in [-0.3, -0.25) is 4.79 Å². The third-order valence-electron chi connectivity index (χ3n) is 5.01. The molecule has 0 bridgehead atoms. The summed E-state index contributed by atoms with van der Waals surface area (Å²) in [5.41, 5.74) is 3.15. The van der Waals surface area contributed by atoms with Crippen LogP contribution < -0.4 is 9.64 Å². The van der Waals surface area contributed by atoms with Crippen molar-refractivity contribution in [1.82, 2.24) is 0 Å². The Kier molecular flexibility index (Phi) is 4.10. The van der Waals surface area contributed by atoms with Gasteiger partial charge >= 0.3 is 0 Å². The van der Waals surface area contributed by atoms with E-state index in [-0.39, 0.29) is 18.4 Å². The Balaban J connectivity index is 1.97. The number of nitrogens with zero attached hydrogens (tertiary/aromatic N) is 1. The van der Waals surface area contributed by atoms with E-state index in [4.69, 9.17) is 11.2 Å². The summed E-state index contributed by atoms with van der Waals surface area (Å²) in [6.07, 6.45) is 5.91. The Morgan fingerprint density at radius 3 is 2.81 bits per heavy atom. The van der Waals surface area contributed by atoms with Gasteiger partial charge in [-0.1, -0.05) is 48.4 Å². The average molecular weight is 341 g/mol. The minimum Gasteiger partial charge on any atom is -0.497 e. The molecule has 0 fully saturated rings.